The van der Waals surface area contributed by atoms with E-state index in [0.29, 0.717) is 12.2 Å². The summed E-state index contributed by atoms with van der Waals surface area (Å²) in [5, 5.41) is 0. The van der Waals surface area contributed by atoms with E-state index >= 15 is 0 Å². The minimum atomic E-state index is -0.275. The van der Waals surface area contributed by atoms with E-state index in [1.807, 2.05) is 38.1 Å². The van der Waals surface area contributed by atoms with Gasteiger partial charge < -0.3 is 4.74 Å². The topological polar surface area (TPSA) is 39.2 Å². The molecule has 0 spiro atoms. The van der Waals surface area contributed by atoms with Gasteiger partial charge in [0.2, 0.25) is 0 Å². The van der Waals surface area contributed by atoms with Gasteiger partial charge >= 0.3 is 5.97 Å². The van der Waals surface area contributed by atoms with Crippen molar-refractivity contribution < 1.29 is 9.53 Å². The number of hydrogen-bond donors (Lipinski definition) is 0. The Bertz CT molecular complexity index is 763. The Kier molecular flexibility index (Phi) is 5.09. The van der Waals surface area contributed by atoms with Crippen molar-refractivity contribution in [2.45, 2.75) is 39.5 Å². The summed E-state index contributed by atoms with van der Waals surface area (Å²) in [4.78, 5) is 16.9. The minimum absolute atomic E-state index is 0.275. The van der Waals surface area contributed by atoms with Crippen LogP contribution in [0.2, 0.25) is 0 Å². The summed E-state index contributed by atoms with van der Waals surface area (Å²) in [6.45, 7) is 4.09. The van der Waals surface area contributed by atoms with Crippen molar-refractivity contribution in [1.82, 2.24) is 4.98 Å². The molecule has 0 unspecified atom stereocenters. The summed E-state index contributed by atoms with van der Waals surface area (Å²) in [6, 6.07) is 12.3. The number of rotatable bonds is 3. The van der Waals surface area contributed by atoms with Gasteiger partial charge in [0.15, 0.2) is 0 Å². The predicted octanol–water partition coefficient (Wildman–Crippen LogP) is 4.83. The normalized spacial score (nSPS) is 15.7. The molecule has 1 heterocycles. The highest BCUT2D eigenvalue weighted by Gasteiger charge is 2.19. The quantitative estimate of drug-likeness (QED) is 0.600. The Labute approximate surface area is 143 Å². The van der Waals surface area contributed by atoms with Crippen LogP contribution in [0.15, 0.2) is 36.4 Å². The van der Waals surface area contributed by atoms with E-state index in [9.17, 15) is 4.79 Å². The largest absolute Gasteiger partial charge is 0.462 e. The van der Waals surface area contributed by atoms with Crippen molar-refractivity contribution in [2.24, 2.45) is 0 Å². The molecule has 0 radical (unpaired) electrons. The number of nitrogens with zero attached hydrogens (tertiary/aromatic N) is 1. The zero-order valence-corrected chi connectivity index (χ0v) is 14.3. The van der Waals surface area contributed by atoms with Gasteiger partial charge in [-0.3, -0.25) is 4.98 Å². The average Bonchev–Trinajstić information content (AvgIpc) is 2.77. The SMILES string of the molecule is CCOC(=O)c1cc2c(nc1C)C(=Cc1ccccc1)CCCC2. The van der Waals surface area contributed by atoms with E-state index in [4.69, 9.17) is 9.72 Å². The Morgan fingerprint density at radius 1 is 1.21 bits per heavy atom. The minimum Gasteiger partial charge on any atom is -0.462 e. The lowest BCUT2D eigenvalue weighted by Gasteiger charge is -2.13. The van der Waals surface area contributed by atoms with Crippen LogP contribution in [-0.2, 0) is 11.2 Å². The van der Waals surface area contributed by atoms with Crippen LogP contribution in [0.1, 0.15) is 59.1 Å². The number of allylic oxidation sites excluding steroid dienone is 1. The summed E-state index contributed by atoms with van der Waals surface area (Å²) < 4.78 is 5.16. The first-order valence-electron chi connectivity index (χ1n) is 8.62. The molecule has 0 bridgehead atoms. The van der Waals surface area contributed by atoms with Crippen molar-refractivity contribution in [2.75, 3.05) is 6.61 Å². The number of ether oxygens (including phenoxy) is 1. The highest BCUT2D eigenvalue weighted by Crippen LogP contribution is 2.31. The number of fused-ring (bicyclic) bond motifs is 1. The molecule has 1 aromatic heterocycles. The van der Waals surface area contributed by atoms with Crippen molar-refractivity contribution in [1.29, 1.82) is 0 Å². The molecule has 0 atom stereocenters. The van der Waals surface area contributed by atoms with Crippen molar-refractivity contribution in [3.05, 3.63) is 64.5 Å². The Hall–Kier alpha value is -2.42. The number of carbonyl (C=O) groups excluding carboxylic acids is 1. The smallest absolute Gasteiger partial charge is 0.339 e. The van der Waals surface area contributed by atoms with Crippen LogP contribution in [0.4, 0.5) is 0 Å². The van der Waals surface area contributed by atoms with Crippen molar-refractivity contribution in [3.63, 3.8) is 0 Å². The molecule has 0 amide bonds. The lowest BCUT2D eigenvalue weighted by molar-refractivity contribution is 0.0525. The third-order valence-corrected chi connectivity index (χ3v) is 4.37. The molecule has 3 nitrogen and oxygen atoms in total. The van der Waals surface area contributed by atoms with Crippen LogP contribution in [0.25, 0.3) is 11.6 Å². The molecular formula is C21H23NO2. The molecule has 3 heteroatoms. The first-order chi connectivity index (χ1) is 11.7. The number of pyridine rings is 1. The number of benzene rings is 1. The summed E-state index contributed by atoms with van der Waals surface area (Å²) in [5.41, 5.74) is 5.98. The standard InChI is InChI=1S/C21H23NO2/c1-3-24-21(23)19-14-18-12-8-7-11-17(20(18)22-15(19)2)13-16-9-5-4-6-10-16/h4-6,9-10,13-14H,3,7-8,11-12H2,1-2H3. The van der Waals surface area contributed by atoms with E-state index in [1.54, 1.807) is 0 Å². The summed E-state index contributed by atoms with van der Waals surface area (Å²) in [6.07, 6.45) is 6.46. The summed E-state index contributed by atoms with van der Waals surface area (Å²) >= 11 is 0. The maximum absolute atomic E-state index is 12.1. The van der Waals surface area contributed by atoms with Crippen LogP contribution in [-0.4, -0.2) is 17.6 Å². The van der Waals surface area contributed by atoms with Gasteiger partial charge in [0.05, 0.1) is 23.6 Å². The Morgan fingerprint density at radius 3 is 2.71 bits per heavy atom. The van der Waals surface area contributed by atoms with Crippen LogP contribution in [0.3, 0.4) is 0 Å². The fourth-order valence-corrected chi connectivity index (χ4v) is 3.17. The van der Waals surface area contributed by atoms with Crippen LogP contribution < -0.4 is 0 Å². The fourth-order valence-electron chi connectivity index (χ4n) is 3.17. The van der Waals surface area contributed by atoms with E-state index in [0.717, 1.165) is 42.6 Å². The van der Waals surface area contributed by atoms with Crippen LogP contribution >= 0.6 is 0 Å². The second-order valence-electron chi connectivity index (χ2n) is 6.14. The van der Waals surface area contributed by atoms with Gasteiger partial charge in [0.1, 0.15) is 0 Å². The zero-order chi connectivity index (χ0) is 16.9. The summed E-state index contributed by atoms with van der Waals surface area (Å²) in [7, 11) is 0. The molecule has 2 aromatic rings. The van der Waals surface area contributed by atoms with Gasteiger partial charge in [-0.1, -0.05) is 30.3 Å². The van der Waals surface area contributed by atoms with Crippen molar-refractivity contribution >= 4 is 17.6 Å². The van der Waals surface area contributed by atoms with Crippen LogP contribution in [0.5, 0.6) is 0 Å². The molecule has 124 valence electrons. The maximum atomic E-state index is 12.1. The lowest BCUT2D eigenvalue weighted by Crippen LogP contribution is -2.10. The second kappa shape index (κ2) is 7.43. The molecule has 0 saturated heterocycles. The number of aryl methyl sites for hydroxylation is 2. The molecule has 1 aliphatic carbocycles. The van der Waals surface area contributed by atoms with Gasteiger partial charge in [-0.25, -0.2) is 4.79 Å². The molecule has 1 aliphatic rings. The first kappa shape index (κ1) is 16.4. The summed E-state index contributed by atoms with van der Waals surface area (Å²) in [5.74, 6) is -0.275. The second-order valence-corrected chi connectivity index (χ2v) is 6.14. The highest BCUT2D eigenvalue weighted by atomic mass is 16.5. The molecule has 0 N–H and O–H groups in total. The molecule has 0 saturated carbocycles. The number of aromatic nitrogens is 1. The van der Waals surface area contributed by atoms with Crippen molar-refractivity contribution in [3.8, 4) is 0 Å². The van der Waals surface area contributed by atoms with Gasteiger partial charge in [0.25, 0.3) is 0 Å². The number of carbonyl (C=O) groups is 1. The van der Waals surface area contributed by atoms with E-state index in [-0.39, 0.29) is 5.97 Å². The maximum Gasteiger partial charge on any atom is 0.339 e. The molecule has 0 fully saturated rings. The molecule has 1 aromatic carbocycles. The van der Waals surface area contributed by atoms with Gasteiger partial charge in [-0.15, -0.1) is 0 Å². The number of hydrogen-bond acceptors (Lipinski definition) is 3. The molecule has 3 rings (SSSR count). The van der Waals surface area contributed by atoms with Gasteiger partial charge in [-0.05, 0) is 68.4 Å². The van der Waals surface area contributed by atoms with E-state index < -0.39 is 0 Å². The molecule has 24 heavy (non-hydrogen) atoms. The van der Waals surface area contributed by atoms with E-state index in [2.05, 4.69) is 18.2 Å². The van der Waals surface area contributed by atoms with Gasteiger partial charge in [0, 0.05) is 0 Å². The van der Waals surface area contributed by atoms with Gasteiger partial charge in [-0.2, -0.15) is 0 Å². The Morgan fingerprint density at radius 2 is 1.96 bits per heavy atom. The highest BCUT2D eigenvalue weighted by molar-refractivity contribution is 5.92. The number of esters is 1. The third kappa shape index (κ3) is 3.56. The molecular weight excluding hydrogens is 298 g/mol. The fraction of sp³-hybridized carbons (Fsp3) is 0.333. The van der Waals surface area contributed by atoms with E-state index in [1.165, 1.54) is 11.1 Å². The Balaban J connectivity index is 2.05. The first-order valence-corrected chi connectivity index (χ1v) is 8.62. The predicted molar refractivity (Wildman–Crippen MR) is 96.8 cm³/mol. The molecule has 0 aliphatic heterocycles. The monoisotopic (exact) mass is 321 g/mol. The third-order valence-electron chi connectivity index (χ3n) is 4.37. The van der Waals surface area contributed by atoms with Crippen LogP contribution in [0, 0.1) is 6.92 Å². The lowest BCUT2D eigenvalue weighted by atomic mass is 9.99. The zero-order valence-electron chi connectivity index (χ0n) is 14.3. The average molecular weight is 321 g/mol.